The molecule has 0 radical (unpaired) electrons. The van der Waals surface area contributed by atoms with Gasteiger partial charge < -0.3 is 5.32 Å². The molecule has 2 nitrogen and oxygen atoms in total. The van der Waals surface area contributed by atoms with Gasteiger partial charge in [0, 0.05) is 15.7 Å². The first-order valence-corrected chi connectivity index (χ1v) is 6.65. The fourth-order valence-corrected chi connectivity index (χ4v) is 2.05. The van der Waals surface area contributed by atoms with E-state index in [0.717, 1.165) is 27.7 Å². The highest BCUT2D eigenvalue weighted by Gasteiger charge is 2.09. The lowest BCUT2D eigenvalue weighted by Gasteiger charge is -2.08. The van der Waals surface area contributed by atoms with Crippen LogP contribution in [0.3, 0.4) is 0 Å². The molecule has 3 heteroatoms. The molecule has 92 valence electrons. The van der Waals surface area contributed by atoms with Crippen molar-refractivity contribution in [2.75, 3.05) is 5.32 Å². The molecule has 0 saturated carbocycles. The van der Waals surface area contributed by atoms with E-state index in [0.29, 0.717) is 0 Å². The number of carbonyl (C=O) groups excluding carboxylic acids is 1. The van der Waals surface area contributed by atoms with Crippen LogP contribution in [0.2, 0.25) is 0 Å². The second kappa shape index (κ2) is 5.83. The van der Waals surface area contributed by atoms with Crippen LogP contribution < -0.4 is 5.32 Å². The van der Waals surface area contributed by atoms with Crippen LogP contribution in [0.1, 0.15) is 22.8 Å². The Hall–Kier alpha value is -1.61. The molecule has 0 aliphatic rings. The van der Waals surface area contributed by atoms with Gasteiger partial charge in [-0.15, -0.1) is 0 Å². The summed E-state index contributed by atoms with van der Waals surface area (Å²) < 4.78 is 0.995. The first kappa shape index (κ1) is 12.8. The summed E-state index contributed by atoms with van der Waals surface area (Å²) in [5, 5.41) is 2.90. The van der Waals surface area contributed by atoms with E-state index in [1.54, 1.807) is 0 Å². The predicted octanol–water partition coefficient (Wildman–Crippen LogP) is 4.26. The molecule has 0 aromatic heterocycles. The minimum Gasteiger partial charge on any atom is -0.322 e. The molecule has 2 aromatic carbocycles. The van der Waals surface area contributed by atoms with Crippen molar-refractivity contribution in [1.29, 1.82) is 0 Å². The Labute approximate surface area is 115 Å². The molecule has 0 saturated heterocycles. The predicted molar refractivity (Wildman–Crippen MR) is 77.9 cm³/mol. The molecule has 18 heavy (non-hydrogen) atoms. The zero-order chi connectivity index (χ0) is 13.0. The van der Waals surface area contributed by atoms with Crippen LogP contribution in [0.5, 0.6) is 0 Å². The molecule has 2 rings (SSSR count). The Morgan fingerprint density at radius 2 is 1.78 bits per heavy atom. The van der Waals surface area contributed by atoms with Gasteiger partial charge in [-0.05, 0) is 42.3 Å². The van der Waals surface area contributed by atoms with Crippen molar-refractivity contribution in [3.8, 4) is 0 Å². The topological polar surface area (TPSA) is 29.1 Å². The molecule has 0 aliphatic heterocycles. The van der Waals surface area contributed by atoms with Crippen molar-refractivity contribution in [3.63, 3.8) is 0 Å². The van der Waals surface area contributed by atoms with Crippen molar-refractivity contribution < 1.29 is 4.79 Å². The van der Waals surface area contributed by atoms with Gasteiger partial charge in [-0.2, -0.15) is 0 Å². The zero-order valence-electron chi connectivity index (χ0n) is 10.1. The van der Waals surface area contributed by atoms with E-state index in [1.807, 2.05) is 55.5 Å². The van der Waals surface area contributed by atoms with Crippen molar-refractivity contribution in [2.45, 2.75) is 13.3 Å². The van der Waals surface area contributed by atoms with Crippen LogP contribution in [0.4, 0.5) is 5.69 Å². The average Bonchev–Trinajstić information content (AvgIpc) is 2.41. The van der Waals surface area contributed by atoms with Gasteiger partial charge in [0.05, 0.1) is 0 Å². The number of amides is 1. The average molecular weight is 304 g/mol. The van der Waals surface area contributed by atoms with Gasteiger partial charge in [0.2, 0.25) is 0 Å². The summed E-state index contributed by atoms with van der Waals surface area (Å²) in [4.78, 5) is 12.2. The number of halogens is 1. The number of hydrogen-bond acceptors (Lipinski definition) is 1. The van der Waals surface area contributed by atoms with Gasteiger partial charge in [-0.1, -0.05) is 41.1 Å². The molecular formula is C15H14BrNO. The van der Waals surface area contributed by atoms with Gasteiger partial charge in [0.15, 0.2) is 0 Å². The van der Waals surface area contributed by atoms with E-state index in [4.69, 9.17) is 0 Å². The molecule has 0 spiro atoms. The third kappa shape index (κ3) is 2.99. The second-order valence-electron chi connectivity index (χ2n) is 3.97. The van der Waals surface area contributed by atoms with Crippen molar-refractivity contribution in [1.82, 2.24) is 0 Å². The summed E-state index contributed by atoms with van der Waals surface area (Å²) in [5.74, 6) is -0.0604. The van der Waals surface area contributed by atoms with Crippen LogP contribution in [0, 0.1) is 0 Å². The Bertz CT molecular complexity index is 549. The van der Waals surface area contributed by atoms with E-state index >= 15 is 0 Å². The van der Waals surface area contributed by atoms with Gasteiger partial charge in [0.1, 0.15) is 0 Å². The number of anilines is 1. The van der Waals surface area contributed by atoms with Gasteiger partial charge in [-0.3, -0.25) is 4.79 Å². The van der Waals surface area contributed by atoms with Crippen molar-refractivity contribution >= 4 is 27.5 Å². The normalized spacial score (nSPS) is 10.1. The molecule has 0 atom stereocenters. The summed E-state index contributed by atoms with van der Waals surface area (Å²) in [6, 6.07) is 15.2. The standard InChI is InChI=1S/C15H14BrNO/c1-2-11-5-3-4-6-14(11)15(18)17-13-9-7-12(16)8-10-13/h3-10H,2H2,1H3,(H,17,18). The SMILES string of the molecule is CCc1ccccc1C(=O)Nc1ccc(Br)cc1. The Morgan fingerprint density at radius 3 is 2.44 bits per heavy atom. The Balaban J connectivity index is 2.19. The quantitative estimate of drug-likeness (QED) is 0.901. The second-order valence-corrected chi connectivity index (χ2v) is 4.89. The number of hydrogen-bond donors (Lipinski definition) is 1. The van der Waals surface area contributed by atoms with Gasteiger partial charge in [0.25, 0.3) is 5.91 Å². The summed E-state index contributed by atoms with van der Waals surface area (Å²) >= 11 is 3.37. The maximum atomic E-state index is 12.2. The lowest BCUT2D eigenvalue weighted by Crippen LogP contribution is -2.13. The molecular weight excluding hydrogens is 290 g/mol. The summed E-state index contributed by atoms with van der Waals surface area (Å²) in [5.41, 5.74) is 2.60. The Morgan fingerprint density at radius 1 is 1.11 bits per heavy atom. The number of benzene rings is 2. The van der Waals surface area contributed by atoms with Crippen molar-refractivity contribution in [2.24, 2.45) is 0 Å². The number of nitrogens with one attached hydrogen (secondary N) is 1. The van der Waals surface area contributed by atoms with Crippen LogP contribution in [-0.4, -0.2) is 5.91 Å². The van der Waals surface area contributed by atoms with Crippen LogP contribution in [-0.2, 0) is 6.42 Å². The highest BCUT2D eigenvalue weighted by atomic mass is 79.9. The zero-order valence-corrected chi connectivity index (χ0v) is 11.7. The third-order valence-corrected chi connectivity index (χ3v) is 3.27. The number of carbonyl (C=O) groups is 1. The van der Waals surface area contributed by atoms with E-state index in [1.165, 1.54) is 0 Å². The van der Waals surface area contributed by atoms with E-state index < -0.39 is 0 Å². The largest absolute Gasteiger partial charge is 0.322 e. The van der Waals surface area contributed by atoms with Crippen molar-refractivity contribution in [3.05, 3.63) is 64.1 Å². The van der Waals surface area contributed by atoms with Gasteiger partial charge >= 0.3 is 0 Å². The van der Waals surface area contributed by atoms with E-state index in [-0.39, 0.29) is 5.91 Å². The molecule has 2 aromatic rings. The van der Waals surface area contributed by atoms with E-state index in [9.17, 15) is 4.79 Å². The van der Waals surface area contributed by atoms with Gasteiger partial charge in [-0.25, -0.2) is 0 Å². The first-order chi connectivity index (χ1) is 8.70. The summed E-state index contributed by atoms with van der Waals surface area (Å²) in [6.07, 6.45) is 0.851. The molecule has 0 unspecified atom stereocenters. The van der Waals surface area contributed by atoms with Crippen LogP contribution in [0.15, 0.2) is 53.0 Å². The Kier molecular flexibility index (Phi) is 4.15. The summed E-state index contributed by atoms with van der Waals surface area (Å²) in [7, 11) is 0. The van der Waals surface area contributed by atoms with E-state index in [2.05, 4.69) is 21.2 Å². The molecule has 0 bridgehead atoms. The number of aryl methyl sites for hydroxylation is 1. The molecule has 0 fully saturated rings. The maximum absolute atomic E-state index is 12.2. The monoisotopic (exact) mass is 303 g/mol. The lowest BCUT2D eigenvalue weighted by atomic mass is 10.0. The third-order valence-electron chi connectivity index (χ3n) is 2.74. The smallest absolute Gasteiger partial charge is 0.255 e. The lowest BCUT2D eigenvalue weighted by molar-refractivity contribution is 0.102. The van der Waals surface area contributed by atoms with Crippen LogP contribution >= 0.6 is 15.9 Å². The minimum absolute atomic E-state index is 0.0604. The highest BCUT2D eigenvalue weighted by molar-refractivity contribution is 9.10. The highest BCUT2D eigenvalue weighted by Crippen LogP contribution is 2.16. The van der Waals surface area contributed by atoms with Crippen LogP contribution in [0.25, 0.3) is 0 Å². The minimum atomic E-state index is -0.0604. The fraction of sp³-hybridized carbons (Fsp3) is 0.133. The molecule has 0 heterocycles. The fourth-order valence-electron chi connectivity index (χ4n) is 1.78. The number of rotatable bonds is 3. The summed E-state index contributed by atoms with van der Waals surface area (Å²) in [6.45, 7) is 2.05. The molecule has 1 N–H and O–H groups in total. The first-order valence-electron chi connectivity index (χ1n) is 5.85. The molecule has 0 aliphatic carbocycles. The molecule has 1 amide bonds. The maximum Gasteiger partial charge on any atom is 0.255 e.